The van der Waals surface area contributed by atoms with Gasteiger partial charge in [0.2, 0.25) is 0 Å². The number of benzene rings is 2. The molecule has 0 bridgehead atoms. The van der Waals surface area contributed by atoms with Crippen LogP contribution in [0.1, 0.15) is 26.5 Å². The van der Waals surface area contributed by atoms with Gasteiger partial charge in [0, 0.05) is 26.2 Å². The summed E-state index contributed by atoms with van der Waals surface area (Å²) in [6.45, 7) is 1.42. The van der Waals surface area contributed by atoms with E-state index >= 15 is 0 Å². The summed E-state index contributed by atoms with van der Waals surface area (Å²) in [5.41, 5.74) is 1.25. The van der Waals surface area contributed by atoms with E-state index in [1.165, 1.54) is 19.4 Å². The molecule has 1 aliphatic rings. The van der Waals surface area contributed by atoms with Crippen LogP contribution in [0.2, 0.25) is 0 Å². The number of esters is 1. The molecular formula is C26H26N2O7. The number of hydrogen-bond acceptors (Lipinski definition) is 7. The Hall–Kier alpha value is -4.27. The first-order valence-electron chi connectivity index (χ1n) is 11.2. The normalized spacial score (nSPS) is 13.3. The van der Waals surface area contributed by atoms with Crippen molar-refractivity contribution < 1.29 is 33.0 Å². The number of hydrogen-bond donors (Lipinski definition) is 0. The van der Waals surface area contributed by atoms with E-state index in [0.29, 0.717) is 44.3 Å². The van der Waals surface area contributed by atoms with Crippen molar-refractivity contribution in [2.24, 2.45) is 0 Å². The van der Waals surface area contributed by atoms with Crippen molar-refractivity contribution in [1.29, 1.82) is 0 Å². The summed E-state index contributed by atoms with van der Waals surface area (Å²) in [7, 11) is 1.49. The van der Waals surface area contributed by atoms with Crippen molar-refractivity contribution in [1.82, 2.24) is 9.80 Å². The summed E-state index contributed by atoms with van der Waals surface area (Å²) in [6, 6.07) is 17.7. The van der Waals surface area contributed by atoms with Crippen LogP contribution in [0.25, 0.3) is 0 Å². The molecule has 35 heavy (non-hydrogen) atoms. The lowest BCUT2D eigenvalue weighted by Crippen LogP contribution is -2.51. The van der Waals surface area contributed by atoms with Gasteiger partial charge < -0.3 is 28.4 Å². The minimum Gasteiger partial charge on any atom is -0.493 e. The monoisotopic (exact) mass is 478 g/mol. The summed E-state index contributed by atoms with van der Waals surface area (Å²) in [4.78, 5) is 40.6. The third-order valence-electron chi connectivity index (χ3n) is 5.61. The van der Waals surface area contributed by atoms with Crippen LogP contribution in [-0.4, -0.2) is 67.5 Å². The first kappa shape index (κ1) is 23.9. The van der Waals surface area contributed by atoms with Crippen LogP contribution in [-0.2, 0) is 16.1 Å². The van der Waals surface area contributed by atoms with Crippen LogP contribution in [0.15, 0.2) is 71.3 Å². The molecule has 1 aliphatic heterocycles. The number of piperazine rings is 1. The Bertz CT molecular complexity index is 1150. The third-order valence-corrected chi connectivity index (χ3v) is 5.61. The van der Waals surface area contributed by atoms with Gasteiger partial charge in [-0.3, -0.25) is 9.59 Å². The van der Waals surface area contributed by atoms with E-state index in [1.807, 2.05) is 30.3 Å². The van der Waals surface area contributed by atoms with Crippen molar-refractivity contribution in [2.75, 3.05) is 39.9 Å². The smallest absolute Gasteiger partial charge is 0.338 e. The van der Waals surface area contributed by atoms with Gasteiger partial charge in [0.15, 0.2) is 23.9 Å². The summed E-state index contributed by atoms with van der Waals surface area (Å²) in [6.07, 6.45) is 1.45. The van der Waals surface area contributed by atoms with Gasteiger partial charge in [-0.05, 0) is 35.9 Å². The fourth-order valence-electron chi connectivity index (χ4n) is 3.67. The molecule has 4 rings (SSSR count). The molecule has 0 N–H and O–H groups in total. The number of carbonyl (C=O) groups is 3. The molecule has 2 amide bonds. The van der Waals surface area contributed by atoms with Gasteiger partial charge in [0.1, 0.15) is 6.61 Å². The van der Waals surface area contributed by atoms with Crippen LogP contribution in [0.5, 0.6) is 11.5 Å². The van der Waals surface area contributed by atoms with E-state index in [1.54, 1.807) is 34.1 Å². The number of nitrogens with zero attached hydrogens (tertiary/aromatic N) is 2. The summed E-state index contributed by atoms with van der Waals surface area (Å²) < 4.78 is 21.5. The number of rotatable bonds is 8. The summed E-state index contributed by atoms with van der Waals surface area (Å²) in [5.74, 6) is -0.0228. The number of ether oxygens (including phenoxy) is 3. The Morgan fingerprint density at radius 3 is 2.31 bits per heavy atom. The van der Waals surface area contributed by atoms with Crippen LogP contribution in [0.4, 0.5) is 0 Å². The van der Waals surface area contributed by atoms with Crippen molar-refractivity contribution in [3.63, 3.8) is 0 Å². The molecule has 2 aromatic carbocycles. The standard InChI is InChI=1S/C26H26N2O7/c1-32-23-16-20(9-10-21(23)34-17-19-6-3-2-4-7-19)26(31)35-18-24(29)27-11-13-28(14-12-27)25(30)22-8-5-15-33-22/h2-10,15-16H,11-14,17-18H2,1H3. The number of carbonyl (C=O) groups excluding carboxylic acids is 3. The molecule has 0 atom stereocenters. The molecule has 0 radical (unpaired) electrons. The zero-order valence-electron chi connectivity index (χ0n) is 19.3. The van der Waals surface area contributed by atoms with Gasteiger partial charge in [0.05, 0.1) is 18.9 Å². The number of furan rings is 1. The first-order chi connectivity index (χ1) is 17.0. The Morgan fingerprint density at radius 2 is 1.63 bits per heavy atom. The van der Waals surface area contributed by atoms with Gasteiger partial charge in [-0.1, -0.05) is 30.3 Å². The highest BCUT2D eigenvalue weighted by molar-refractivity contribution is 5.93. The second-order valence-corrected chi connectivity index (χ2v) is 7.87. The maximum absolute atomic E-state index is 12.5. The SMILES string of the molecule is COc1cc(C(=O)OCC(=O)N2CCN(C(=O)c3ccco3)CC2)ccc1OCc1ccccc1. The molecule has 9 heteroatoms. The van der Waals surface area contributed by atoms with E-state index in [4.69, 9.17) is 18.6 Å². The van der Waals surface area contributed by atoms with Crippen LogP contribution in [0, 0.1) is 0 Å². The first-order valence-corrected chi connectivity index (χ1v) is 11.2. The minimum atomic E-state index is -0.641. The zero-order chi connectivity index (χ0) is 24.6. The highest BCUT2D eigenvalue weighted by atomic mass is 16.5. The maximum Gasteiger partial charge on any atom is 0.338 e. The van der Waals surface area contributed by atoms with E-state index in [9.17, 15) is 14.4 Å². The lowest BCUT2D eigenvalue weighted by atomic mass is 10.2. The molecule has 0 spiro atoms. The molecule has 0 aliphatic carbocycles. The molecule has 0 unspecified atom stereocenters. The molecule has 1 aromatic heterocycles. The van der Waals surface area contributed by atoms with Gasteiger partial charge in [0.25, 0.3) is 11.8 Å². The predicted molar refractivity (Wildman–Crippen MR) is 125 cm³/mol. The largest absolute Gasteiger partial charge is 0.493 e. The maximum atomic E-state index is 12.5. The fourth-order valence-corrected chi connectivity index (χ4v) is 3.67. The topological polar surface area (TPSA) is 98.5 Å². The Balaban J connectivity index is 1.26. The second-order valence-electron chi connectivity index (χ2n) is 7.87. The van der Waals surface area contributed by atoms with Crippen molar-refractivity contribution >= 4 is 17.8 Å². The van der Waals surface area contributed by atoms with Crippen molar-refractivity contribution in [2.45, 2.75) is 6.61 Å². The zero-order valence-corrected chi connectivity index (χ0v) is 19.3. The van der Waals surface area contributed by atoms with E-state index in [0.717, 1.165) is 5.56 Å². The number of amides is 2. The van der Waals surface area contributed by atoms with Gasteiger partial charge >= 0.3 is 5.97 Å². The molecule has 0 saturated carbocycles. The molecule has 9 nitrogen and oxygen atoms in total. The predicted octanol–water partition coefficient (Wildman–Crippen LogP) is 3.01. The molecule has 3 aromatic rings. The lowest BCUT2D eigenvalue weighted by molar-refractivity contribution is -0.136. The van der Waals surface area contributed by atoms with Crippen LogP contribution in [0.3, 0.4) is 0 Å². The minimum absolute atomic E-state index is 0.210. The molecular weight excluding hydrogens is 452 g/mol. The molecule has 182 valence electrons. The quantitative estimate of drug-likeness (QED) is 0.459. The van der Waals surface area contributed by atoms with E-state index in [-0.39, 0.29) is 29.7 Å². The summed E-state index contributed by atoms with van der Waals surface area (Å²) >= 11 is 0. The number of methoxy groups -OCH3 is 1. The molecule has 2 heterocycles. The second kappa shape index (κ2) is 11.2. The lowest BCUT2D eigenvalue weighted by Gasteiger charge is -2.34. The average Bonchev–Trinajstić information content (AvgIpc) is 3.45. The Morgan fingerprint density at radius 1 is 0.886 bits per heavy atom. The third kappa shape index (κ3) is 6.00. The van der Waals surface area contributed by atoms with Crippen molar-refractivity contribution in [3.05, 3.63) is 83.8 Å². The Labute approximate surface area is 202 Å². The highest BCUT2D eigenvalue weighted by Crippen LogP contribution is 2.29. The fraction of sp³-hybridized carbons (Fsp3) is 0.269. The highest BCUT2D eigenvalue weighted by Gasteiger charge is 2.26. The summed E-state index contributed by atoms with van der Waals surface area (Å²) in [5, 5.41) is 0. The van der Waals surface area contributed by atoms with E-state index in [2.05, 4.69) is 0 Å². The van der Waals surface area contributed by atoms with E-state index < -0.39 is 5.97 Å². The Kier molecular flexibility index (Phi) is 7.67. The van der Waals surface area contributed by atoms with Crippen LogP contribution < -0.4 is 9.47 Å². The van der Waals surface area contributed by atoms with Gasteiger partial charge in [-0.15, -0.1) is 0 Å². The van der Waals surface area contributed by atoms with Crippen LogP contribution >= 0.6 is 0 Å². The molecule has 1 saturated heterocycles. The van der Waals surface area contributed by atoms with Crippen molar-refractivity contribution in [3.8, 4) is 11.5 Å². The van der Waals surface area contributed by atoms with Gasteiger partial charge in [-0.25, -0.2) is 4.79 Å². The average molecular weight is 479 g/mol. The van der Waals surface area contributed by atoms with Gasteiger partial charge in [-0.2, -0.15) is 0 Å². The molecule has 1 fully saturated rings.